The molecule has 2 heterocycles. The largest absolute Gasteiger partial charge is 0.491 e. The zero-order chi connectivity index (χ0) is 21.3. The maximum absolute atomic E-state index is 14.0. The fourth-order valence-electron chi connectivity index (χ4n) is 3.65. The van der Waals surface area contributed by atoms with Crippen LogP contribution in [0.15, 0.2) is 48.7 Å². The number of amides is 2. The first-order chi connectivity index (χ1) is 14.5. The summed E-state index contributed by atoms with van der Waals surface area (Å²) in [5.74, 6) is -1.31. The summed E-state index contributed by atoms with van der Waals surface area (Å²) in [6, 6.07) is 10.6. The van der Waals surface area contributed by atoms with Crippen LogP contribution in [0.25, 0.3) is 22.0 Å². The van der Waals surface area contributed by atoms with Gasteiger partial charge in [-0.15, -0.1) is 0 Å². The molecule has 4 rings (SSSR count). The van der Waals surface area contributed by atoms with Crippen molar-refractivity contribution in [3.8, 4) is 5.75 Å². The van der Waals surface area contributed by atoms with Crippen LogP contribution in [0.2, 0.25) is 0 Å². The van der Waals surface area contributed by atoms with Crippen molar-refractivity contribution in [1.29, 1.82) is 0 Å². The molecule has 0 saturated carbocycles. The Kier molecular flexibility index (Phi) is 5.33. The van der Waals surface area contributed by atoms with Crippen molar-refractivity contribution in [1.82, 2.24) is 9.88 Å². The van der Waals surface area contributed by atoms with E-state index in [0.29, 0.717) is 27.8 Å². The first-order valence-electron chi connectivity index (χ1n) is 9.32. The van der Waals surface area contributed by atoms with Gasteiger partial charge in [0.25, 0.3) is 11.8 Å². The number of aliphatic hydroxyl groups is 1. The average molecular weight is 412 g/mol. The van der Waals surface area contributed by atoms with Crippen molar-refractivity contribution in [2.24, 2.45) is 0 Å². The number of rotatable bonds is 7. The maximum Gasteiger partial charge on any atom is 0.259 e. The number of alkyl halides is 1. The first kappa shape index (κ1) is 19.8. The average Bonchev–Trinajstić information content (AvgIpc) is 3.22. The molecule has 8 heteroatoms. The predicted octanol–water partition coefficient (Wildman–Crippen LogP) is 2.69. The van der Waals surface area contributed by atoms with Crippen LogP contribution in [0.3, 0.4) is 0 Å². The maximum atomic E-state index is 14.0. The lowest BCUT2D eigenvalue weighted by atomic mass is 9.96. The van der Waals surface area contributed by atoms with Gasteiger partial charge >= 0.3 is 0 Å². The Labute approximate surface area is 170 Å². The lowest BCUT2D eigenvalue weighted by Crippen LogP contribution is -2.22. The van der Waals surface area contributed by atoms with Crippen LogP contribution in [0.4, 0.5) is 8.78 Å². The molecule has 1 aliphatic heterocycles. The van der Waals surface area contributed by atoms with Crippen LogP contribution in [0.5, 0.6) is 5.75 Å². The Morgan fingerprint density at radius 2 is 1.87 bits per heavy atom. The summed E-state index contributed by atoms with van der Waals surface area (Å²) in [5.41, 5.74) is 1.66. The topological polar surface area (TPSA) is 80.6 Å². The van der Waals surface area contributed by atoms with Gasteiger partial charge in [-0.25, -0.2) is 8.78 Å². The van der Waals surface area contributed by atoms with Crippen LogP contribution in [-0.4, -0.2) is 41.4 Å². The molecule has 0 atom stereocenters. The minimum absolute atomic E-state index is 0.106. The van der Waals surface area contributed by atoms with Crippen molar-refractivity contribution in [2.75, 3.05) is 19.9 Å². The summed E-state index contributed by atoms with van der Waals surface area (Å²) >= 11 is 0. The number of benzene rings is 2. The van der Waals surface area contributed by atoms with E-state index in [9.17, 15) is 23.5 Å². The summed E-state index contributed by atoms with van der Waals surface area (Å²) < 4.78 is 33.4. The Hall–Kier alpha value is -3.52. The van der Waals surface area contributed by atoms with Crippen molar-refractivity contribution >= 4 is 33.9 Å². The van der Waals surface area contributed by atoms with Crippen molar-refractivity contribution < 1.29 is 28.2 Å². The highest BCUT2D eigenvalue weighted by atomic mass is 19.1. The Morgan fingerprint density at radius 1 is 1.07 bits per heavy atom. The second kappa shape index (κ2) is 8.08. The monoisotopic (exact) mass is 412 g/mol. The second-order valence-electron chi connectivity index (χ2n) is 6.72. The Bertz CT molecular complexity index is 1180. The second-order valence-corrected chi connectivity index (χ2v) is 6.72. The van der Waals surface area contributed by atoms with Crippen molar-refractivity contribution in [3.63, 3.8) is 0 Å². The number of nitrogens with zero attached hydrogens (tertiary/aromatic N) is 1. The molecule has 2 aromatic carbocycles. The molecule has 30 heavy (non-hydrogen) atoms. The van der Waals surface area contributed by atoms with Gasteiger partial charge < -0.3 is 14.4 Å². The fourth-order valence-corrected chi connectivity index (χ4v) is 3.65. The smallest absolute Gasteiger partial charge is 0.259 e. The van der Waals surface area contributed by atoms with E-state index in [1.54, 1.807) is 41.1 Å². The molecular formula is C22H18F2N2O4. The van der Waals surface area contributed by atoms with Crippen LogP contribution in [0.1, 0.15) is 11.1 Å². The number of hydrogen-bond acceptors (Lipinski definition) is 4. The minimum Gasteiger partial charge on any atom is -0.491 e. The zero-order valence-electron chi connectivity index (χ0n) is 15.8. The summed E-state index contributed by atoms with van der Waals surface area (Å²) in [5, 5.41) is 12.1. The molecule has 0 spiro atoms. The molecule has 0 unspecified atom stereocenters. The highest BCUT2D eigenvalue weighted by Crippen LogP contribution is 2.37. The first-order valence-corrected chi connectivity index (χ1v) is 9.32. The zero-order valence-corrected chi connectivity index (χ0v) is 15.8. The number of aliphatic hydroxyl groups excluding tert-OH is 1. The molecule has 0 fully saturated rings. The lowest BCUT2D eigenvalue weighted by molar-refractivity contribution is -0.122. The van der Waals surface area contributed by atoms with E-state index < -0.39 is 24.3 Å². The molecule has 1 aromatic heterocycles. The number of halogens is 2. The highest BCUT2D eigenvalue weighted by Gasteiger charge is 2.34. The van der Waals surface area contributed by atoms with Gasteiger partial charge in [-0.1, -0.05) is 12.1 Å². The molecule has 3 aromatic rings. The highest BCUT2D eigenvalue weighted by molar-refractivity contribution is 6.50. The number of aromatic nitrogens is 1. The van der Waals surface area contributed by atoms with E-state index in [1.165, 1.54) is 12.1 Å². The SMILES string of the molecule is O=C1NC(=O)C(c2cn(CCO)c3ccc(F)cc23)=C1c1cccc(OCCF)c1. The van der Waals surface area contributed by atoms with Crippen molar-refractivity contribution in [2.45, 2.75) is 6.54 Å². The van der Waals surface area contributed by atoms with E-state index in [0.717, 1.165) is 0 Å². The van der Waals surface area contributed by atoms with E-state index in [1.807, 2.05) is 0 Å². The fraction of sp³-hybridized carbons (Fsp3) is 0.182. The molecule has 0 saturated heterocycles. The molecule has 0 aliphatic carbocycles. The van der Waals surface area contributed by atoms with Crippen LogP contribution < -0.4 is 10.1 Å². The van der Waals surface area contributed by atoms with Gasteiger partial charge in [-0.05, 0) is 35.9 Å². The van der Waals surface area contributed by atoms with E-state index in [-0.39, 0.29) is 30.9 Å². The molecule has 0 bridgehead atoms. The van der Waals surface area contributed by atoms with Gasteiger partial charge in [-0.3, -0.25) is 14.9 Å². The molecule has 2 N–H and O–H groups in total. The molecule has 2 amide bonds. The summed E-state index contributed by atoms with van der Waals surface area (Å²) in [7, 11) is 0. The Balaban J connectivity index is 1.93. The third-order valence-electron chi connectivity index (χ3n) is 4.85. The van der Waals surface area contributed by atoms with Crippen LogP contribution in [0, 0.1) is 5.82 Å². The number of nitrogens with one attached hydrogen (secondary N) is 1. The van der Waals surface area contributed by atoms with E-state index in [2.05, 4.69) is 5.32 Å². The summed E-state index contributed by atoms with van der Waals surface area (Å²) in [4.78, 5) is 25.3. The summed E-state index contributed by atoms with van der Waals surface area (Å²) in [6.07, 6.45) is 1.62. The normalized spacial score (nSPS) is 14.0. The molecular weight excluding hydrogens is 394 g/mol. The lowest BCUT2D eigenvalue weighted by Gasteiger charge is -2.08. The van der Waals surface area contributed by atoms with Crippen LogP contribution in [-0.2, 0) is 16.1 Å². The molecule has 154 valence electrons. The van der Waals surface area contributed by atoms with Gasteiger partial charge in [0.15, 0.2) is 0 Å². The number of imide groups is 1. The van der Waals surface area contributed by atoms with E-state index in [4.69, 9.17) is 4.74 Å². The quantitative estimate of drug-likeness (QED) is 0.585. The third-order valence-corrected chi connectivity index (χ3v) is 4.85. The van der Waals surface area contributed by atoms with Gasteiger partial charge in [0.05, 0.1) is 17.8 Å². The number of carbonyl (C=O) groups excluding carboxylic acids is 2. The van der Waals surface area contributed by atoms with Gasteiger partial charge in [-0.2, -0.15) is 0 Å². The summed E-state index contributed by atoms with van der Waals surface area (Å²) in [6.45, 7) is -0.695. The minimum atomic E-state index is -0.660. The molecule has 1 aliphatic rings. The molecule has 6 nitrogen and oxygen atoms in total. The van der Waals surface area contributed by atoms with Gasteiger partial charge in [0.2, 0.25) is 0 Å². The van der Waals surface area contributed by atoms with Crippen molar-refractivity contribution in [3.05, 3.63) is 65.6 Å². The van der Waals surface area contributed by atoms with Gasteiger partial charge in [0, 0.05) is 29.2 Å². The predicted molar refractivity (Wildman–Crippen MR) is 107 cm³/mol. The van der Waals surface area contributed by atoms with Crippen LogP contribution >= 0.6 is 0 Å². The number of carbonyl (C=O) groups is 2. The van der Waals surface area contributed by atoms with E-state index >= 15 is 0 Å². The standard InChI is InChI=1S/C22H18F2N2O4/c23-6-9-30-15-3-1-2-13(10-15)19-20(22(29)25-21(19)28)17-12-26(7-8-27)18-5-4-14(24)11-16(17)18/h1-5,10-12,27H,6-9H2,(H,25,28,29). The van der Waals surface area contributed by atoms with Gasteiger partial charge in [0.1, 0.15) is 24.8 Å². The number of hydrogen-bond donors (Lipinski definition) is 2. The Morgan fingerprint density at radius 3 is 2.63 bits per heavy atom. The third kappa shape index (κ3) is 3.46. The molecule has 0 radical (unpaired) electrons. The number of fused-ring (bicyclic) bond motifs is 1. The number of ether oxygens (including phenoxy) is 1.